The number of hydrogen-bond acceptors (Lipinski definition) is 5. The minimum Gasteiger partial charge on any atom is -0.472 e. The largest absolute Gasteiger partial charge is 0.472 e. The zero-order chi connectivity index (χ0) is 13.8. The summed E-state index contributed by atoms with van der Waals surface area (Å²) in [6.07, 6.45) is 2.35. The smallest absolute Gasteiger partial charge is 0.222 e. The second-order valence-corrected chi connectivity index (χ2v) is 4.97. The monoisotopic (exact) mass is 265 g/mol. The summed E-state index contributed by atoms with van der Waals surface area (Å²) in [5.41, 5.74) is 0.954. The van der Waals surface area contributed by atoms with Gasteiger partial charge in [0.1, 0.15) is 17.7 Å². The van der Waals surface area contributed by atoms with Gasteiger partial charge in [-0.25, -0.2) is 4.98 Å². The van der Waals surface area contributed by atoms with Crippen LogP contribution in [-0.2, 0) is 4.74 Å². The molecule has 1 aliphatic rings. The number of rotatable bonds is 7. The third kappa shape index (κ3) is 3.56. The molecule has 2 rings (SSSR count). The van der Waals surface area contributed by atoms with Crippen LogP contribution in [0.3, 0.4) is 0 Å². The molecule has 1 aliphatic carbocycles. The first-order valence-electron chi connectivity index (χ1n) is 6.96. The van der Waals surface area contributed by atoms with Gasteiger partial charge in [0.25, 0.3) is 0 Å². The molecule has 1 unspecified atom stereocenters. The van der Waals surface area contributed by atoms with Crippen molar-refractivity contribution in [3.63, 3.8) is 0 Å². The maximum Gasteiger partial charge on any atom is 0.222 e. The molecule has 1 aromatic heterocycles. The molecular formula is C14H23N3O2. The number of aromatic nitrogens is 2. The molecule has 5 heteroatoms. The second-order valence-electron chi connectivity index (χ2n) is 4.97. The number of anilines is 1. The molecule has 5 nitrogen and oxygen atoms in total. The Morgan fingerprint density at radius 3 is 2.68 bits per heavy atom. The van der Waals surface area contributed by atoms with Crippen molar-refractivity contribution >= 4 is 5.82 Å². The van der Waals surface area contributed by atoms with Crippen molar-refractivity contribution < 1.29 is 9.47 Å². The molecule has 0 saturated heterocycles. The van der Waals surface area contributed by atoms with Gasteiger partial charge in [0.15, 0.2) is 0 Å². The van der Waals surface area contributed by atoms with E-state index in [1.807, 2.05) is 27.8 Å². The zero-order valence-corrected chi connectivity index (χ0v) is 12.2. The molecule has 19 heavy (non-hydrogen) atoms. The highest BCUT2D eigenvalue weighted by atomic mass is 16.5. The molecule has 0 spiro atoms. The fraction of sp³-hybridized carbons (Fsp3) is 0.714. The fourth-order valence-electron chi connectivity index (χ4n) is 1.90. The summed E-state index contributed by atoms with van der Waals surface area (Å²) in [5, 5.41) is 3.11. The van der Waals surface area contributed by atoms with Gasteiger partial charge in [0, 0.05) is 19.6 Å². The normalized spacial score (nSPS) is 16.2. The maximum absolute atomic E-state index is 5.89. The van der Waals surface area contributed by atoms with Gasteiger partial charge in [-0.3, -0.25) is 0 Å². The third-order valence-electron chi connectivity index (χ3n) is 3.17. The minimum atomic E-state index is -0.00897. The SMILES string of the molecule is CCOCC(C)Oc1nc(C2CC2)nc(NC)c1C. The van der Waals surface area contributed by atoms with Crippen molar-refractivity contribution in [2.24, 2.45) is 0 Å². The lowest BCUT2D eigenvalue weighted by Crippen LogP contribution is -2.21. The number of nitrogens with one attached hydrogen (secondary N) is 1. The van der Waals surface area contributed by atoms with Crippen LogP contribution in [0.15, 0.2) is 0 Å². The highest BCUT2D eigenvalue weighted by Crippen LogP contribution is 2.39. The van der Waals surface area contributed by atoms with E-state index in [0.717, 1.165) is 17.2 Å². The lowest BCUT2D eigenvalue weighted by molar-refractivity contribution is 0.0628. The Bertz CT molecular complexity index is 433. The standard InChI is InChI=1S/C14H23N3O2/c1-5-18-8-9(2)19-14-10(3)12(15-4)16-13(17-14)11-6-7-11/h9,11H,5-8H2,1-4H3,(H,15,16,17). The van der Waals surface area contributed by atoms with E-state index < -0.39 is 0 Å². The highest BCUT2D eigenvalue weighted by Gasteiger charge is 2.28. The molecule has 1 fully saturated rings. The van der Waals surface area contributed by atoms with Gasteiger partial charge >= 0.3 is 0 Å². The third-order valence-corrected chi connectivity index (χ3v) is 3.17. The molecule has 106 valence electrons. The molecule has 1 N–H and O–H groups in total. The zero-order valence-electron chi connectivity index (χ0n) is 12.2. The Kier molecular flexibility index (Phi) is 4.58. The molecule has 0 aliphatic heterocycles. The van der Waals surface area contributed by atoms with Crippen molar-refractivity contribution in [2.45, 2.75) is 45.6 Å². The number of nitrogens with zero attached hydrogens (tertiary/aromatic N) is 2. The average Bonchev–Trinajstić information content (AvgIpc) is 3.23. The number of hydrogen-bond donors (Lipinski definition) is 1. The molecule has 0 bridgehead atoms. The van der Waals surface area contributed by atoms with Gasteiger partial charge in [-0.15, -0.1) is 0 Å². The van der Waals surface area contributed by atoms with E-state index in [-0.39, 0.29) is 6.10 Å². The summed E-state index contributed by atoms with van der Waals surface area (Å²) in [5.74, 6) is 2.94. The van der Waals surface area contributed by atoms with E-state index >= 15 is 0 Å². The van der Waals surface area contributed by atoms with Crippen LogP contribution in [0.5, 0.6) is 5.88 Å². The summed E-state index contributed by atoms with van der Waals surface area (Å²) in [7, 11) is 1.87. The van der Waals surface area contributed by atoms with Gasteiger partial charge in [0.2, 0.25) is 5.88 Å². The first kappa shape index (κ1) is 14.1. The van der Waals surface area contributed by atoms with Crippen molar-refractivity contribution in [1.29, 1.82) is 0 Å². The molecule has 0 aromatic carbocycles. The van der Waals surface area contributed by atoms with Gasteiger partial charge in [0.05, 0.1) is 12.2 Å². The van der Waals surface area contributed by atoms with Crippen LogP contribution >= 0.6 is 0 Å². The van der Waals surface area contributed by atoms with Crippen LogP contribution in [-0.4, -0.2) is 36.3 Å². The Morgan fingerprint density at radius 2 is 2.11 bits per heavy atom. The van der Waals surface area contributed by atoms with E-state index in [1.54, 1.807) is 0 Å². The van der Waals surface area contributed by atoms with Gasteiger partial charge < -0.3 is 14.8 Å². The fourth-order valence-corrected chi connectivity index (χ4v) is 1.90. The summed E-state index contributed by atoms with van der Waals surface area (Å²) in [4.78, 5) is 9.11. The Labute approximate surface area is 114 Å². The van der Waals surface area contributed by atoms with Crippen LogP contribution < -0.4 is 10.1 Å². The topological polar surface area (TPSA) is 56.3 Å². The summed E-state index contributed by atoms with van der Waals surface area (Å²) >= 11 is 0. The highest BCUT2D eigenvalue weighted by molar-refractivity contribution is 5.48. The van der Waals surface area contributed by atoms with Crippen LogP contribution in [0.1, 0.15) is 44.0 Å². The Balaban J connectivity index is 2.15. The lowest BCUT2D eigenvalue weighted by Gasteiger charge is -2.17. The first-order chi connectivity index (χ1) is 9.15. The van der Waals surface area contributed by atoms with E-state index in [2.05, 4.69) is 15.3 Å². The van der Waals surface area contributed by atoms with Crippen molar-refractivity contribution in [3.05, 3.63) is 11.4 Å². The summed E-state index contributed by atoms with van der Waals surface area (Å²) in [6, 6.07) is 0. The quantitative estimate of drug-likeness (QED) is 0.821. The van der Waals surface area contributed by atoms with Gasteiger partial charge in [-0.1, -0.05) is 0 Å². The maximum atomic E-state index is 5.89. The van der Waals surface area contributed by atoms with Crippen LogP contribution in [0.4, 0.5) is 5.82 Å². The van der Waals surface area contributed by atoms with Crippen molar-refractivity contribution in [3.8, 4) is 5.88 Å². The molecular weight excluding hydrogens is 242 g/mol. The average molecular weight is 265 g/mol. The predicted molar refractivity (Wildman–Crippen MR) is 74.9 cm³/mol. The van der Waals surface area contributed by atoms with E-state index in [9.17, 15) is 0 Å². The molecule has 0 radical (unpaired) electrons. The Morgan fingerprint density at radius 1 is 1.37 bits per heavy atom. The van der Waals surface area contributed by atoms with Crippen molar-refractivity contribution in [2.75, 3.05) is 25.6 Å². The van der Waals surface area contributed by atoms with Gasteiger partial charge in [-0.05, 0) is 33.6 Å². The van der Waals surface area contributed by atoms with Crippen LogP contribution in [0.25, 0.3) is 0 Å². The molecule has 1 heterocycles. The summed E-state index contributed by atoms with van der Waals surface area (Å²) in [6.45, 7) is 7.23. The van der Waals surface area contributed by atoms with E-state index in [0.29, 0.717) is 25.0 Å². The van der Waals surface area contributed by atoms with E-state index in [1.165, 1.54) is 12.8 Å². The van der Waals surface area contributed by atoms with Crippen LogP contribution in [0.2, 0.25) is 0 Å². The second kappa shape index (κ2) is 6.19. The predicted octanol–water partition coefficient (Wildman–Crippen LogP) is 2.51. The Hall–Kier alpha value is -1.36. The summed E-state index contributed by atoms with van der Waals surface area (Å²) < 4.78 is 11.3. The number of ether oxygens (including phenoxy) is 2. The van der Waals surface area contributed by atoms with Crippen LogP contribution in [0, 0.1) is 6.92 Å². The van der Waals surface area contributed by atoms with Crippen molar-refractivity contribution in [1.82, 2.24) is 9.97 Å². The van der Waals surface area contributed by atoms with E-state index in [4.69, 9.17) is 9.47 Å². The minimum absolute atomic E-state index is 0.00897. The first-order valence-corrected chi connectivity index (χ1v) is 6.96. The van der Waals surface area contributed by atoms with Gasteiger partial charge in [-0.2, -0.15) is 4.98 Å². The lowest BCUT2D eigenvalue weighted by atomic mass is 10.3. The molecule has 1 atom stereocenters. The molecule has 0 amide bonds. The molecule has 1 aromatic rings. The molecule has 1 saturated carbocycles.